The van der Waals surface area contributed by atoms with Crippen LogP contribution in [0.5, 0.6) is 0 Å². The minimum Gasteiger partial charge on any atom is -0.469 e. The first-order valence-corrected chi connectivity index (χ1v) is 4.41. The lowest BCUT2D eigenvalue weighted by molar-refractivity contribution is 0.533. The van der Waals surface area contributed by atoms with E-state index in [2.05, 4.69) is 6.08 Å². The summed E-state index contributed by atoms with van der Waals surface area (Å²) < 4.78 is 5.16. The Hall–Kier alpha value is -0.690. The average Bonchev–Trinajstić information content (AvgIpc) is 2.36. The number of hydrogen-bond acceptors (Lipinski definition) is 1. The standard InChI is InChI=1S/C10H13ClO/c1-7(8(2)11)6-10-4-5-12-9(10)3/h4-6,8H,1-3H3/b7-6+. The van der Waals surface area contributed by atoms with Gasteiger partial charge in [0.1, 0.15) is 5.76 Å². The second kappa shape index (κ2) is 3.81. The predicted octanol–water partition coefficient (Wildman–Crippen LogP) is 3.62. The number of furan rings is 1. The minimum atomic E-state index is 0.0827. The first-order valence-electron chi connectivity index (χ1n) is 3.97. The van der Waals surface area contributed by atoms with Gasteiger partial charge in [-0.05, 0) is 26.8 Å². The Morgan fingerprint density at radius 3 is 2.75 bits per heavy atom. The molecule has 0 aliphatic heterocycles. The Morgan fingerprint density at radius 2 is 2.33 bits per heavy atom. The van der Waals surface area contributed by atoms with Gasteiger partial charge in [0.05, 0.1) is 11.6 Å². The van der Waals surface area contributed by atoms with Gasteiger partial charge in [-0.2, -0.15) is 0 Å². The first kappa shape index (κ1) is 9.40. The molecule has 1 rings (SSSR count). The van der Waals surface area contributed by atoms with Crippen molar-refractivity contribution in [3.63, 3.8) is 0 Å². The smallest absolute Gasteiger partial charge is 0.107 e. The Bertz CT molecular complexity index is 284. The number of aryl methyl sites for hydroxylation is 1. The summed E-state index contributed by atoms with van der Waals surface area (Å²) in [6.07, 6.45) is 3.74. The van der Waals surface area contributed by atoms with Gasteiger partial charge in [0, 0.05) is 5.56 Å². The van der Waals surface area contributed by atoms with E-state index in [1.807, 2.05) is 26.8 Å². The maximum Gasteiger partial charge on any atom is 0.107 e. The maximum atomic E-state index is 5.90. The molecular weight excluding hydrogens is 172 g/mol. The molecule has 0 fully saturated rings. The molecule has 0 N–H and O–H groups in total. The van der Waals surface area contributed by atoms with Crippen LogP contribution in [0, 0.1) is 6.92 Å². The van der Waals surface area contributed by atoms with Gasteiger partial charge < -0.3 is 4.42 Å². The fourth-order valence-electron chi connectivity index (χ4n) is 0.905. The van der Waals surface area contributed by atoms with Crippen LogP contribution in [0.4, 0.5) is 0 Å². The molecule has 1 atom stereocenters. The number of alkyl halides is 1. The Labute approximate surface area is 78.0 Å². The van der Waals surface area contributed by atoms with Crippen molar-refractivity contribution in [3.8, 4) is 0 Å². The van der Waals surface area contributed by atoms with Crippen molar-refractivity contribution in [2.75, 3.05) is 0 Å². The quantitative estimate of drug-likeness (QED) is 0.640. The Kier molecular flexibility index (Phi) is 2.99. The Balaban J connectivity index is 2.87. The largest absolute Gasteiger partial charge is 0.469 e. The van der Waals surface area contributed by atoms with Crippen LogP contribution in [-0.2, 0) is 0 Å². The van der Waals surface area contributed by atoms with Crippen LogP contribution in [0.25, 0.3) is 6.08 Å². The van der Waals surface area contributed by atoms with Crippen molar-refractivity contribution in [1.29, 1.82) is 0 Å². The summed E-state index contributed by atoms with van der Waals surface area (Å²) in [5, 5.41) is 0.0827. The van der Waals surface area contributed by atoms with Gasteiger partial charge in [0.25, 0.3) is 0 Å². The molecule has 0 aromatic carbocycles. The monoisotopic (exact) mass is 184 g/mol. The van der Waals surface area contributed by atoms with Crippen molar-refractivity contribution in [2.45, 2.75) is 26.1 Å². The molecule has 0 amide bonds. The van der Waals surface area contributed by atoms with E-state index in [1.165, 1.54) is 0 Å². The molecule has 0 radical (unpaired) electrons. The van der Waals surface area contributed by atoms with E-state index in [0.717, 1.165) is 16.9 Å². The lowest BCUT2D eigenvalue weighted by Crippen LogP contribution is -1.91. The summed E-state index contributed by atoms with van der Waals surface area (Å²) >= 11 is 5.90. The third-order valence-electron chi connectivity index (χ3n) is 1.91. The number of halogens is 1. The lowest BCUT2D eigenvalue weighted by atomic mass is 10.1. The highest BCUT2D eigenvalue weighted by Crippen LogP contribution is 2.16. The van der Waals surface area contributed by atoms with Gasteiger partial charge in [-0.25, -0.2) is 0 Å². The van der Waals surface area contributed by atoms with Crippen molar-refractivity contribution in [2.24, 2.45) is 0 Å². The van der Waals surface area contributed by atoms with Crippen molar-refractivity contribution in [1.82, 2.24) is 0 Å². The zero-order valence-corrected chi connectivity index (χ0v) is 8.35. The van der Waals surface area contributed by atoms with E-state index in [4.69, 9.17) is 16.0 Å². The van der Waals surface area contributed by atoms with Gasteiger partial charge in [-0.15, -0.1) is 11.6 Å². The SMILES string of the molecule is C/C(=C\c1ccoc1C)C(C)Cl. The zero-order chi connectivity index (χ0) is 9.14. The summed E-state index contributed by atoms with van der Waals surface area (Å²) in [6.45, 7) is 5.92. The van der Waals surface area contributed by atoms with Crippen LogP contribution in [0.15, 0.2) is 22.3 Å². The second-order valence-electron chi connectivity index (χ2n) is 2.94. The van der Waals surface area contributed by atoms with Gasteiger partial charge in [0.2, 0.25) is 0 Å². The van der Waals surface area contributed by atoms with Gasteiger partial charge in [-0.1, -0.05) is 11.6 Å². The predicted molar refractivity (Wildman–Crippen MR) is 52.4 cm³/mol. The molecule has 0 saturated carbocycles. The highest BCUT2D eigenvalue weighted by Gasteiger charge is 2.01. The molecular formula is C10H13ClO. The van der Waals surface area contributed by atoms with E-state index in [1.54, 1.807) is 6.26 Å². The van der Waals surface area contributed by atoms with Gasteiger partial charge >= 0.3 is 0 Å². The van der Waals surface area contributed by atoms with Crippen LogP contribution in [0.3, 0.4) is 0 Å². The molecule has 1 aromatic rings. The van der Waals surface area contributed by atoms with E-state index in [9.17, 15) is 0 Å². The molecule has 0 aliphatic rings. The molecule has 12 heavy (non-hydrogen) atoms. The van der Waals surface area contributed by atoms with Gasteiger partial charge in [0.15, 0.2) is 0 Å². The highest BCUT2D eigenvalue weighted by molar-refractivity contribution is 6.22. The normalized spacial score (nSPS) is 14.8. The topological polar surface area (TPSA) is 13.1 Å². The fraction of sp³-hybridized carbons (Fsp3) is 0.400. The van der Waals surface area contributed by atoms with Crippen LogP contribution in [0.1, 0.15) is 25.2 Å². The van der Waals surface area contributed by atoms with E-state index in [-0.39, 0.29) is 5.38 Å². The highest BCUT2D eigenvalue weighted by atomic mass is 35.5. The molecule has 0 bridgehead atoms. The summed E-state index contributed by atoms with van der Waals surface area (Å²) in [6, 6.07) is 1.94. The van der Waals surface area contributed by atoms with Gasteiger partial charge in [-0.3, -0.25) is 0 Å². The number of rotatable bonds is 2. The van der Waals surface area contributed by atoms with Crippen LogP contribution in [0.2, 0.25) is 0 Å². The molecule has 1 heterocycles. The Morgan fingerprint density at radius 1 is 1.67 bits per heavy atom. The average molecular weight is 185 g/mol. The van der Waals surface area contributed by atoms with Crippen molar-refractivity contribution < 1.29 is 4.42 Å². The third kappa shape index (κ3) is 2.15. The van der Waals surface area contributed by atoms with Crippen LogP contribution >= 0.6 is 11.6 Å². The zero-order valence-electron chi connectivity index (χ0n) is 7.60. The van der Waals surface area contributed by atoms with Crippen LogP contribution < -0.4 is 0 Å². The molecule has 66 valence electrons. The summed E-state index contributed by atoms with van der Waals surface area (Å²) in [4.78, 5) is 0. The summed E-state index contributed by atoms with van der Waals surface area (Å²) in [5.41, 5.74) is 2.26. The molecule has 0 aliphatic carbocycles. The molecule has 1 nitrogen and oxygen atoms in total. The number of hydrogen-bond donors (Lipinski definition) is 0. The van der Waals surface area contributed by atoms with Crippen molar-refractivity contribution >= 4 is 17.7 Å². The summed E-state index contributed by atoms with van der Waals surface area (Å²) in [5.74, 6) is 0.937. The molecule has 2 heteroatoms. The molecule has 0 spiro atoms. The van der Waals surface area contributed by atoms with Crippen LogP contribution in [-0.4, -0.2) is 5.38 Å². The maximum absolute atomic E-state index is 5.90. The second-order valence-corrected chi connectivity index (χ2v) is 3.59. The number of allylic oxidation sites excluding steroid dienone is 1. The summed E-state index contributed by atoms with van der Waals surface area (Å²) in [7, 11) is 0. The van der Waals surface area contributed by atoms with E-state index in [0.29, 0.717) is 0 Å². The first-order chi connectivity index (χ1) is 5.61. The molecule has 1 aromatic heterocycles. The lowest BCUT2D eigenvalue weighted by Gasteiger charge is -2.01. The third-order valence-corrected chi connectivity index (χ3v) is 2.25. The van der Waals surface area contributed by atoms with Crippen molar-refractivity contribution in [3.05, 3.63) is 29.2 Å². The molecule has 0 saturated heterocycles. The molecule has 1 unspecified atom stereocenters. The minimum absolute atomic E-state index is 0.0827. The van der Waals surface area contributed by atoms with E-state index >= 15 is 0 Å². The van der Waals surface area contributed by atoms with E-state index < -0.39 is 0 Å². The fourth-order valence-corrected chi connectivity index (χ4v) is 0.968.